The van der Waals surface area contributed by atoms with Crippen LogP contribution in [0.15, 0.2) is 21.2 Å². The first kappa shape index (κ1) is 10.2. The molecule has 0 bridgehead atoms. The van der Waals surface area contributed by atoms with Gasteiger partial charge in [-0.05, 0) is 34.3 Å². The summed E-state index contributed by atoms with van der Waals surface area (Å²) in [5.74, 6) is 1.92. The number of hydrogen-bond donors (Lipinski definition) is 1. The first-order chi connectivity index (χ1) is 5.72. The van der Waals surface area contributed by atoms with Crippen molar-refractivity contribution in [3.63, 3.8) is 0 Å². The van der Waals surface area contributed by atoms with E-state index in [4.69, 9.17) is 10.2 Å². The fourth-order valence-electron chi connectivity index (χ4n) is 0.993. The topological polar surface area (TPSA) is 39.2 Å². The molecule has 1 rings (SSSR count). The molecular weight excluding hydrogens is 238 g/mol. The molecule has 0 fully saturated rings. The molecule has 1 atom stereocenters. The van der Waals surface area contributed by atoms with Gasteiger partial charge in [-0.2, -0.15) is 11.8 Å². The minimum absolute atomic E-state index is 0.193. The van der Waals surface area contributed by atoms with Crippen LogP contribution in [-0.2, 0) is 6.42 Å². The molecule has 0 saturated carbocycles. The summed E-state index contributed by atoms with van der Waals surface area (Å²) in [6.45, 7) is 0. The Kier molecular flexibility index (Phi) is 4.18. The van der Waals surface area contributed by atoms with E-state index in [1.807, 2.05) is 12.1 Å². The van der Waals surface area contributed by atoms with Crippen LogP contribution in [0.1, 0.15) is 5.76 Å². The molecule has 1 aromatic rings. The van der Waals surface area contributed by atoms with Gasteiger partial charge in [0.1, 0.15) is 5.76 Å². The van der Waals surface area contributed by atoms with Gasteiger partial charge in [-0.3, -0.25) is 0 Å². The van der Waals surface area contributed by atoms with E-state index in [9.17, 15) is 0 Å². The van der Waals surface area contributed by atoms with Crippen molar-refractivity contribution in [2.75, 3.05) is 12.0 Å². The lowest BCUT2D eigenvalue weighted by atomic mass is 10.2. The van der Waals surface area contributed by atoms with E-state index in [0.717, 1.165) is 22.6 Å². The van der Waals surface area contributed by atoms with Gasteiger partial charge < -0.3 is 10.2 Å². The van der Waals surface area contributed by atoms with Crippen LogP contribution in [0.4, 0.5) is 0 Å². The Bertz CT molecular complexity index is 239. The standard InChI is InChI=1S/C8H12BrNOS/c1-12-5-6(10)4-7-2-3-8(9)11-7/h2-3,6H,4-5,10H2,1H3. The number of hydrogen-bond acceptors (Lipinski definition) is 3. The van der Waals surface area contributed by atoms with Gasteiger partial charge in [0.2, 0.25) is 0 Å². The largest absolute Gasteiger partial charge is 0.454 e. The quantitative estimate of drug-likeness (QED) is 0.890. The van der Waals surface area contributed by atoms with E-state index in [-0.39, 0.29) is 6.04 Å². The molecule has 1 aromatic heterocycles. The summed E-state index contributed by atoms with van der Waals surface area (Å²) in [7, 11) is 0. The zero-order valence-electron chi connectivity index (χ0n) is 6.92. The normalized spacial score (nSPS) is 13.2. The van der Waals surface area contributed by atoms with Crippen LogP contribution in [0.5, 0.6) is 0 Å². The lowest BCUT2D eigenvalue weighted by Crippen LogP contribution is -2.25. The molecule has 1 unspecified atom stereocenters. The van der Waals surface area contributed by atoms with Crippen molar-refractivity contribution in [3.05, 3.63) is 22.6 Å². The highest BCUT2D eigenvalue weighted by molar-refractivity contribution is 9.10. The third kappa shape index (κ3) is 3.21. The van der Waals surface area contributed by atoms with Crippen LogP contribution in [0, 0.1) is 0 Å². The van der Waals surface area contributed by atoms with Gasteiger partial charge in [-0.1, -0.05) is 0 Å². The van der Waals surface area contributed by atoms with Gasteiger partial charge in [0.05, 0.1) is 0 Å². The zero-order valence-corrected chi connectivity index (χ0v) is 9.32. The number of rotatable bonds is 4. The third-order valence-corrected chi connectivity index (χ3v) is 2.66. The smallest absolute Gasteiger partial charge is 0.169 e. The van der Waals surface area contributed by atoms with Crippen LogP contribution in [-0.4, -0.2) is 18.1 Å². The average molecular weight is 250 g/mol. The van der Waals surface area contributed by atoms with Crippen molar-refractivity contribution in [2.45, 2.75) is 12.5 Å². The molecule has 1 heterocycles. The molecule has 0 saturated heterocycles. The second-order valence-corrected chi connectivity index (χ2v) is 4.32. The maximum atomic E-state index is 5.83. The highest BCUT2D eigenvalue weighted by Crippen LogP contribution is 2.15. The summed E-state index contributed by atoms with van der Waals surface area (Å²) < 4.78 is 6.10. The highest BCUT2D eigenvalue weighted by atomic mass is 79.9. The van der Waals surface area contributed by atoms with E-state index < -0.39 is 0 Å². The summed E-state index contributed by atoms with van der Waals surface area (Å²) in [6.07, 6.45) is 2.87. The van der Waals surface area contributed by atoms with Crippen molar-refractivity contribution in [3.8, 4) is 0 Å². The number of furan rings is 1. The Hall–Kier alpha value is 0.0700. The van der Waals surface area contributed by atoms with Crippen LogP contribution in [0.3, 0.4) is 0 Å². The van der Waals surface area contributed by atoms with E-state index in [0.29, 0.717) is 0 Å². The van der Waals surface area contributed by atoms with Crippen LogP contribution in [0.25, 0.3) is 0 Å². The second-order valence-electron chi connectivity index (χ2n) is 2.63. The Morgan fingerprint density at radius 1 is 1.67 bits per heavy atom. The van der Waals surface area contributed by atoms with E-state index in [1.165, 1.54) is 0 Å². The van der Waals surface area contributed by atoms with E-state index in [2.05, 4.69) is 22.2 Å². The fourth-order valence-corrected chi connectivity index (χ4v) is 1.88. The predicted octanol–water partition coefficient (Wildman–Crippen LogP) is 2.27. The molecule has 2 N–H and O–H groups in total. The molecule has 0 amide bonds. The lowest BCUT2D eigenvalue weighted by molar-refractivity contribution is 0.474. The van der Waals surface area contributed by atoms with Crippen molar-refractivity contribution in [2.24, 2.45) is 5.73 Å². The molecule has 0 aliphatic carbocycles. The Balaban J connectivity index is 2.41. The Labute approximate surface area is 85.0 Å². The first-order valence-corrected chi connectivity index (χ1v) is 5.90. The van der Waals surface area contributed by atoms with Crippen molar-refractivity contribution >= 4 is 27.7 Å². The molecular formula is C8H12BrNOS. The SMILES string of the molecule is CSCC(N)Cc1ccc(Br)o1. The maximum Gasteiger partial charge on any atom is 0.169 e. The second kappa shape index (κ2) is 4.94. The molecule has 12 heavy (non-hydrogen) atoms. The summed E-state index contributed by atoms with van der Waals surface area (Å²) in [4.78, 5) is 0. The molecule has 0 spiro atoms. The molecule has 0 aliphatic heterocycles. The monoisotopic (exact) mass is 249 g/mol. The van der Waals surface area contributed by atoms with E-state index in [1.54, 1.807) is 11.8 Å². The van der Waals surface area contributed by atoms with Gasteiger partial charge in [0.15, 0.2) is 4.67 Å². The Morgan fingerprint density at radius 3 is 2.92 bits per heavy atom. The first-order valence-electron chi connectivity index (χ1n) is 3.71. The summed E-state index contributed by atoms with van der Waals surface area (Å²) >= 11 is 5.01. The van der Waals surface area contributed by atoms with Crippen molar-refractivity contribution < 1.29 is 4.42 Å². The minimum Gasteiger partial charge on any atom is -0.454 e. The molecule has 68 valence electrons. The summed E-state index contributed by atoms with van der Waals surface area (Å²) in [6, 6.07) is 4.03. The maximum absolute atomic E-state index is 5.83. The van der Waals surface area contributed by atoms with Gasteiger partial charge in [-0.25, -0.2) is 0 Å². The summed E-state index contributed by atoms with van der Waals surface area (Å²) in [5.41, 5.74) is 5.83. The number of nitrogens with two attached hydrogens (primary N) is 1. The van der Waals surface area contributed by atoms with Crippen LogP contribution in [0.2, 0.25) is 0 Å². The van der Waals surface area contributed by atoms with Gasteiger partial charge >= 0.3 is 0 Å². The van der Waals surface area contributed by atoms with Crippen molar-refractivity contribution in [1.82, 2.24) is 0 Å². The van der Waals surface area contributed by atoms with Gasteiger partial charge in [0.25, 0.3) is 0 Å². The molecule has 0 aliphatic rings. The van der Waals surface area contributed by atoms with Gasteiger partial charge in [-0.15, -0.1) is 0 Å². The minimum atomic E-state index is 0.193. The summed E-state index contributed by atoms with van der Waals surface area (Å²) in [5, 5.41) is 0. The fraction of sp³-hybridized carbons (Fsp3) is 0.500. The third-order valence-electron chi connectivity index (χ3n) is 1.47. The van der Waals surface area contributed by atoms with E-state index >= 15 is 0 Å². The van der Waals surface area contributed by atoms with Crippen LogP contribution >= 0.6 is 27.7 Å². The predicted molar refractivity (Wildman–Crippen MR) is 56.5 cm³/mol. The average Bonchev–Trinajstić information content (AvgIpc) is 2.36. The Morgan fingerprint density at radius 2 is 2.42 bits per heavy atom. The number of thioether (sulfide) groups is 1. The number of halogens is 1. The van der Waals surface area contributed by atoms with Crippen molar-refractivity contribution in [1.29, 1.82) is 0 Å². The van der Waals surface area contributed by atoms with Crippen LogP contribution < -0.4 is 5.73 Å². The molecule has 2 nitrogen and oxygen atoms in total. The molecule has 0 aromatic carbocycles. The zero-order chi connectivity index (χ0) is 8.97. The molecule has 0 radical (unpaired) electrons. The van der Waals surface area contributed by atoms with Gasteiger partial charge in [0, 0.05) is 18.2 Å². The lowest BCUT2D eigenvalue weighted by Gasteiger charge is -2.06. The highest BCUT2D eigenvalue weighted by Gasteiger charge is 2.06. The molecule has 4 heteroatoms.